The van der Waals surface area contributed by atoms with Crippen molar-refractivity contribution in [1.29, 1.82) is 0 Å². The van der Waals surface area contributed by atoms with Crippen LogP contribution in [0.1, 0.15) is 18.9 Å². The molecule has 0 bridgehead atoms. The summed E-state index contributed by atoms with van der Waals surface area (Å²) < 4.78 is 5.32. The molecule has 0 aliphatic carbocycles. The van der Waals surface area contributed by atoms with Gasteiger partial charge < -0.3 is 4.74 Å². The quantitative estimate of drug-likeness (QED) is 0.635. The van der Waals surface area contributed by atoms with Crippen molar-refractivity contribution in [3.63, 3.8) is 0 Å². The van der Waals surface area contributed by atoms with Gasteiger partial charge in [-0.3, -0.25) is 4.98 Å². The predicted octanol–water partition coefficient (Wildman–Crippen LogP) is 1.80. The van der Waals surface area contributed by atoms with E-state index in [1.807, 2.05) is 12.3 Å². The van der Waals surface area contributed by atoms with Crippen LogP contribution in [0.15, 0.2) is 24.5 Å². The third-order valence-electron chi connectivity index (χ3n) is 2.28. The number of pyridine rings is 1. The molecule has 0 spiro atoms. The molecule has 0 radical (unpaired) electrons. The maximum atomic E-state index is 5.32. The second-order valence-corrected chi connectivity index (χ2v) is 3.28. The third kappa shape index (κ3) is 1.83. The lowest BCUT2D eigenvalue weighted by Crippen LogP contribution is -1.93. The summed E-state index contributed by atoms with van der Waals surface area (Å²) >= 11 is 0. The Morgan fingerprint density at radius 3 is 3.00 bits per heavy atom. The molecule has 2 nitrogen and oxygen atoms in total. The molecule has 0 N–H and O–H groups in total. The van der Waals surface area contributed by atoms with Crippen LogP contribution in [0.3, 0.4) is 0 Å². The number of nitrogens with zero attached hydrogens (tertiary/aromatic N) is 1. The Labute approximate surface area is 72.6 Å². The SMILES string of the molecule is CC1OC1CCc1cccnc1. The van der Waals surface area contributed by atoms with Crippen molar-refractivity contribution in [3.05, 3.63) is 30.1 Å². The number of rotatable bonds is 3. The highest BCUT2D eigenvalue weighted by Gasteiger charge is 2.33. The van der Waals surface area contributed by atoms with E-state index in [-0.39, 0.29) is 0 Å². The van der Waals surface area contributed by atoms with E-state index in [0.29, 0.717) is 12.2 Å². The highest BCUT2D eigenvalue weighted by atomic mass is 16.6. The van der Waals surface area contributed by atoms with Gasteiger partial charge in [-0.25, -0.2) is 0 Å². The Hall–Kier alpha value is -0.890. The Morgan fingerprint density at radius 2 is 2.42 bits per heavy atom. The maximum Gasteiger partial charge on any atom is 0.0842 e. The average Bonchev–Trinajstić information content (AvgIpc) is 2.81. The summed E-state index contributed by atoms with van der Waals surface area (Å²) in [7, 11) is 0. The fourth-order valence-corrected chi connectivity index (χ4v) is 1.39. The molecule has 1 aromatic heterocycles. The molecule has 2 heteroatoms. The first-order valence-electron chi connectivity index (χ1n) is 4.40. The molecule has 1 aliphatic rings. The van der Waals surface area contributed by atoms with E-state index in [1.54, 1.807) is 6.20 Å². The number of hydrogen-bond acceptors (Lipinski definition) is 2. The van der Waals surface area contributed by atoms with Gasteiger partial charge in [0.05, 0.1) is 12.2 Å². The lowest BCUT2D eigenvalue weighted by Gasteiger charge is -1.96. The van der Waals surface area contributed by atoms with Gasteiger partial charge in [0.15, 0.2) is 0 Å². The van der Waals surface area contributed by atoms with Gasteiger partial charge in [-0.1, -0.05) is 6.07 Å². The van der Waals surface area contributed by atoms with Gasteiger partial charge >= 0.3 is 0 Å². The molecule has 0 saturated carbocycles. The standard InChI is InChI=1S/C10H13NO/c1-8-10(12-8)5-4-9-3-2-6-11-7-9/h2-3,6-8,10H,4-5H2,1H3. The molecule has 2 rings (SSSR count). The summed E-state index contributed by atoms with van der Waals surface area (Å²) in [5.74, 6) is 0. The van der Waals surface area contributed by atoms with Gasteiger partial charge in [0, 0.05) is 12.4 Å². The van der Waals surface area contributed by atoms with Crippen LogP contribution < -0.4 is 0 Å². The summed E-state index contributed by atoms with van der Waals surface area (Å²) in [5, 5.41) is 0. The van der Waals surface area contributed by atoms with Crippen LogP contribution in [-0.4, -0.2) is 17.2 Å². The van der Waals surface area contributed by atoms with Crippen molar-refractivity contribution >= 4 is 0 Å². The predicted molar refractivity (Wildman–Crippen MR) is 46.9 cm³/mol. The molecular formula is C10H13NO. The first-order valence-corrected chi connectivity index (χ1v) is 4.40. The molecule has 1 aliphatic heterocycles. The van der Waals surface area contributed by atoms with Crippen molar-refractivity contribution in [2.45, 2.75) is 32.0 Å². The second-order valence-electron chi connectivity index (χ2n) is 3.28. The van der Waals surface area contributed by atoms with Gasteiger partial charge in [0.2, 0.25) is 0 Å². The largest absolute Gasteiger partial charge is 0.370 e. The topological polar surface area (TPSA) is 25.4 Å². The molecule has 1 fully saturated rings. The molecule has 2 atom stereocenters. The van der Waals surface area contributed by atoms with Crippen LogP contribution in [0.5, 0.6) is 0 Å². The third-order valence-corrected chi connectivity index (χ3v) is 2.28. The Bertz CT molecular complexity index is 247. The van der Waals surface area contributed by atoms with Crippen molar-refractivity contribution in [2.75, 3.05) is 0 Å². The number of hydrogen-bond donors (Lipinski definition) is 0. The van der Waals surface area contributed by atoms with E-state index in [0.717, 1.165) is 12.8 Å². The molecule has 2 unspecified atom stereocenters. The van der Waals surface area contributed by atoms with Crippen LogP contribution in [0.4, 0.5) is 0 Å². The molecule has 1 aromatic rings. The summed E-state index contributed by atoms with van der Waals surface area (Å²) in [4.78, 5) is 4.06. The van der Waals surface area contributed by atoms with Crippen molar-refractivity contribution in [1.82, 2.24) is 4.98 Å². The second kappa shape index (κ2) is 3.23. The lowest BCUT2D eigenvalue weighted by molar-refractivity contribution is 0.370. The van der Waals surface area contributed by atoms with Crippen LogP contribution in [0.25, 0.3) is 0 Å². The first kappa shape index (κ1) is 7.74. The molecule has 12 heavy (non-hydrogen) atoms. The number of epoxide rings is 1. The molecule has 64 valence electrons. The Balaban J connectivity index is 1.80. The van der Waals surface area contributed by atoms with Crippen molar-refractivity contribution in [3.8, 4) is 0 Å². The van der Waals surface area contributed by atoms with Gasteiger partial charge in [-0.15, -0.1) is 0 Å². The number of ether oxygens (including phenoxy) is 1. The fourth-order valence-electron chi connectivity index (χ4n) is 1.39. The van der Waals surface area contributed by atoms with Gasteiger partial charge in [-0.05, 0) is 31.4 Å². The van der Waals surface area contributed by atoms with E-state index in [2.05, 4.69) is 18.0 Å². The minimum Gasteiger partial charge on any atom is -0.370 e. The number of aromatic nitrogens is 1. The van der Waals surface area contributed by atoms with Crippen LogP contribution in [0.2, 0.25) is 0 Å². The molecule has 2 heterocycles. The highest BCUT2D eigenvalue weighted by molar-refractivity contribution is 5.09. The van der Waals surface area contributed by atoms with Gasteiger partial charge in [-0.2, -0.15) is 0 Å². The molecule has 1 saturated heterocycles. The maximum absolute atomic E-state index is 5.32. The minimum atomic E-state index is 0.488. The summed E-state index contributed by atoms with van der Waals surface area (Å²) in [6, 6.07) is 4.09. The van der Waals surface area contributed by atoms with Crippen molar-refractivity contribution in [2.24, 2.45) is 0 Å². The normalized spacial score (nSPS) is 27.1. The Morgan fingerprint density at radius 1 is 1.58 bits per heavy atom. The van der Waals surface area contributed by atoms with Crippen molar-refractivity contribution < 1.29 is 4.74 Å². The van der Waals surface area contributed by atoms with E-state index in [9.17, 15) is 0 Å². The summed E-state index contributed by atoms with van der Waals surface area (Å²) in [5.41, 5.74) is 1.31. The zero-order chi connectivity index (χ0) is 8.39. The van der Waals surface area contributed by atoms with Crippen LogP contribution in [-0.2, 0) is 11.2 Å². The zero-order valence-corrected chi connectivity index (χ0v) is 7.23. The fraction of sp³-hybridized carbons (Fsp3) is 0.500. The molecule has 0 amide bonds. The van der Waals surface area contributed by atoms with Crippen LogP contribution >= 0.6 is 0 Å². The highest BCUT2D eigenvalue weighted by Crippen LogP contribution is 2.25. The zero-order valence-electron chi connectivity index (χ0n) is 7.23. The number of aryl methyl sites for hydroxylation is 1. The molecule has 0 aromatic carbocycles. The van der Waals surface area contributed by atoms with Gasteiger partial charge in [0.1, 0.15) is 0 Å². The average molecular weight is 163 g/mol. The Kier molecular flexibility index (Phi) is 2.09. The smallest absolute Gasteiger partial charge is 0.0842 e. The molecular weight excluding hydrogens is 150 g/mol. The summed E-state index contributed by atoms with van der Waals surface area (Å²) in [6.07, 6.45) is 6.94. The van der Waals surface area contributed by atoms with E-state index >= 15 is 0 Å². The summed E-state index contributed by atoms with van der Waals surface area (Å²) in [6.45, 7) is 2.12. The van der Waals surface area contributed by atoms with Gasteiger partial charge in [0.25, 0.3) is 0 Å². The van der Waals surface area contributed by atoms with E-state index in [4.69, 9.17) is 4.74 Å². The monoisotopic (exact) mass is 163 g/mol. The van der Waals surface area contributed by atoms with Crippen LogP contribution in [0, 0.1) is 0 Å². The minimum absolute atomic E-state index is 0.488. The van der Waals surface area contributed by atoms with E-state index in [1.165, 1.54) is 5.56 Å². The first-order chi connectivity index (χ1) is 5.86. The van der Waals surface area contributed by atoms with E-state index < -0.39 is 0 Å². The lowest BCUT2D eigenvalue weighted by atomic mass is 10.1.